The molecule has 2 amide bonds. The molecule has 0 heterocycles. The van der Waals surface area contributed by atoms with Crippen LogP contribution < -0.4 is 5.32 Å². The van der Waals surface area contributed by atoms with E-state index in [0.29, 0.717) is 30.8 Å². The van der Waals surface area contributed by atoms with E-state index in [1.807, 2.05) is 54.6 Å². The molecule has 2 aromatic rings. The zero-order valence-corrected chi connectivity index (χ0v) is 16.0. The van der Waals surface area contributed by atoms with Crippen LogP contribution in [0.25, 0.3) is 0 Å². The van der Waals surface area contributed by atoms with Gasteiger partial charge in [0, 0.05) is 44.4 Å². The van der Waals surface area contributed by atoms with Crippen LogP contribution in [0.4, 0.5) is 0 Å². The van der Waals surface area contributed by atoms with Gasteiger partial charge < -0.3 is 10.2 Å². The lowest BCUT2D eigenvalue weighted by Crippen LogP contribution is -2.28. The molecule has 0 unspecified atom stereocenters. The minimum absolute atomic E-state index is 0.0314. The first-order chi connectivity index (χ1) is 12.5. The van der Waals surface area contributed by atoms with E-state index in [0.717, 1.165) is 11.1 Å². The quantitative estimate of drug-likeness (QED) is 0.715. The molecule has 2 rings (SSSR count). The molecule has 1 atom stereocenters. The Balaban J connectivity index is 1.99. The zero-order chi connectivity index (χ0) is 18.9. The molecule has 138 valence electrons. The molecule has 0 saturated carbocycles. The monoisotopic (exact) mass is 372 g/mol. The molecule has 0 aliphatic carbocycles. The SMILES string of the molecule is CN(C)C(=O)CCCNC(=O)C[C@H](c1ccccc1)c1cccc(Cl)c1. The molecule has 0 spiro atoms. The maximum Gasteiger partial charge on any atom is 0.222 e. The van der Waals surface area contributed by atoms with Gasteiger partial charge in [-0.15, -0.1) is 0 Å². The van der Waals surface area contributed by atoms with Crippen molar-refractivity contribution in [1.29, 1.82) is 0 Å². The van der Waals surface area contributed by atoms with Crippen molar-refractivity contribution in [2.75, 3.05) is 20.6 Å². The maximum atomic E-state index is 12.4. The number of nitrogens with zero attached hydrogens (tertiary/aromatic N) is 1. The molecule has 26 heavy (non-hydrogen) atoms. The molecule has 0 aromatic heterocycles. The minimum atomic E-state index is -0.0571. The summed E-state index contributed by atoms with van der Waals surface area (Å²) in [5.41, 5.74) is 2.09. The minimum Gasteiger partial charge on any atom is -0.356 e. The second-order valence-electron chi connectivity index (χ2n) is 6.46. The van der Waals surface area contributed by atoms with Crippen molar-refractivity contribution in [2.24, 2.45) is 0 Å². The second kappa shape index (κ2) is 9.97. The van der Waals surface area contributed by atoms with Crippen LogP contribution in [0.15, 0.2) is 54.6 Å². The molecular weight excluding hydrogens is 348 g/mol. The highest BCUT2D eigenvalue weighted by atomic mass is 35.5. The number of amides is 2. The van der Waals surface area contributed by atoms with Crippen molar-refractivity contribution in [1.82, 2.24) is 10.2 Å². The summed E-state index contributed by atoms with van der Waals surface area (Å²) in [6.07, 6.45) is 1.41. The Morgan fingerprint density at radius 3 is 2.38 bits per heavy atom. The average Bonchev–Trinajstić information content (AvgIpc) is 2.63. The standard InChI is InChI=1S/C21H25ClN2O2/c1-24(2)21(26)12-7-13-23-20(25)15-19(16-8-4-3-5-9-16)17-10-6-11-18(22)14-17/h3-6,8-11,14,19H,7,12-13,15H2,1-2H3,(H,23,25)/t19-/m1/s1. The third kappa shape index (κ3) is 6.19. The van der Waals surface area contributed by atoms with Gasteiger partial charge in [-0.2, -0.15) is 0 Å². The summed E-state index contributed by atoms with van der Waals surface area (Å²) >= 11 is 6.13. The van der Waals surface area contributed by atoms with Gasteiger partial charge in [-0.05, 0) is 29.7 Å². The molecule has 0 saturated heterocycles. The lowest BCUT2D eigenvalue weighted by Gasteiger charge is -2.18. The van der Waals surface area contributed by atoms with E-state index in [4.69, 9.17) is 11.6 Å². The van der Waals surface area contributed by atoms with Crippen molar-refractivity contribution in [3.63, 3.8) is 0 Å². The van der Waals surface area contributed by atoms with Gasteiger partial charge in [-0.25, -0.2) is 0 Å². The van der Waals surface area contributed by atoms with Crippen LogP contribution in [-0.2, 0) is 9.59 Å². The van der Waals surface area contributed by atoms with Gasteiger partial charge in [0.15, 0.2) is 0 Å². The molecule has 0 aliphatic rings. The number of halogens is 1. The van der Waals surface area contributed by atoms with E-state index >= 15 is 0 Å². The first kappa shape index (κ1) is 20.0. The van der Waals surface area contributed by atoms with Gasteiger partial charge >= 0.3 is 0 Å². The van der Waals surface area contributed by atoms with Crippen molar-refractivity contribution >= 4 is 23.4 Å². The first-order valence-corrected chi connectivity index (χ1v) is 9.12. The van der Waals surface area contributed by atoms with Crippen LogP contribution in [0.5, 0.6) is 0 Å². The van der Waals surface area contributed by atoms with Gasteiger partial charge in [0.1, 0.15) is 0 Å². The Morgan fingerprint density at radius 2 is 1.73 bits per heavy atom. The van der Waals surface area contributed by atoms with Crippen LogP contribution in [-0.4, -0.2) is 37.4 Å². The van der Waals surface area contributed by atoms with Crippen molar-refractivity contribution in [2.45, 2.75) is 25.2 Å². The number of hydrogen-bond donors (Lipinski definition) is 1. The summed E-state index contributed by atoms with van der Waals surface area (Å²) in [4.78, 5) is 25.6. The Morgan fingerprint density at radius 1 is 1.04 bits per heavy atom. The van der Waals surface area contributed by atoms with Crippen LogP contribution in [0.2, 0.25) is 5.02 Å². The van der Waals surface area contributed by atoms with Crippen molar-refractivity contribution in [3.8, 4) is 0 Å². The smallest absolute Gasteiger partial charge is 0.222 e. The summed E-state index contributed by atoms with van der Waals surface area (Å²) < 4.78 is 0. The fourth-order valence-corrected chi connectivity index (χ4v) is 2.98. The predicted molar refractivity (Wildman–Crippen MR) is 105 cm³/mol. The largest absolute Gasteiger partial charge is 0.356 e. The Labute approximate surface area is 160 Å². The summed E-state index contributed by atoms with van der Waals surface area (Å²) in [5.74, 6) is -0.0187. The number of benzene rings is 2. The highest BCUT2D eigenvalue weighted by molar-refractivity contribution is 6.30. The Hall–Kier alpha value is -2.33. The molecule has 0 fully saturated rings. The van der Waals surface area contributed by atoms with Crippen LogP contribution in [0.3, 0.4) is 0 Å². The van der Waals surface area contributed by atoms with E-state index < -0.39 is 0 Å². The van der Waals surface area contributed by atoms with Crippen LogP contribution >= 0.6 is 11.6 Å². The fourth-order valence-electron chi connectivity index (χ4n) is 2.79. The van der Waals surface area contributed by atoms with E-state index in [2.05, 4.69) is 5.32 Å². The highest BCUT2D eigenvalue weighted by Crippen LogP contribution is 2.29. The summed E-state index contributed by atoms with van der Waals surface area (Å²) in [6, 6.07) is 17.6. The van der Waals surface area contributed by atoms with Crippen LogP contribution in [0, 0.1) is 0 Å². The van der Waals surface area contributed by atoms with E-state index in [9.17, 15) is 9.59 Å². The highest BCUT2D eigenvalue weighted by Gasteiger charge is 2.18. The van der Waals surface area contributed by atoms with Crippen molar-refractivity contribution in [3.05, 3.63) is 70.7 Å². The van der Waals surface area contributed by atoms with Gasteiger partial charge in [0.25, 0.3) is 0 Å². The van der Waals surface area contributed by atoms with E-state index in [-0.39, 0.29) is 17.7 Å². The normalized spacial score (nSPS) is 11.7. The van der Waals surface area contributed by atoms with Gasteiger partial charge in [-0.3, -0.25) is 9.59 Å². The lowest BCUT2D eigenvalue weighted by atomic mass is 9.88. The second-order valence-corrected chi connectivity index (χ2v) is 6.90. The third-order valence-corrected chi connectivity index (χ3v) is 4.47. The van der Waals surface area contributed by atoms with Gasteiger partial charge in [-0.1, -0.05) is 54.1 Å². The van der Waals surface area contributed by atoms with E-state index in [1.54, 1.807) is 19.0 Å². The van der Waals surface area contributed by atoms with Gasteiger partial charge in [0.2, 0.25) is 11.8 Å². The summed E-state index contributed by atoms with van der Waals surface area (Å²) in [7, 11) is 3.47. The first-order valence-electron chi connectivity index (χ1n) is 8.74. The molecule has 5 heteroatoms. The number of carbonyl (C=O) groups excluding carboxylic acids is 2. The molecule has 0 aliphatic heterocycles. The molecule has 0 bridgehead atoms. The van der Waals surface area contributed by atoms with Crippen LogP contribution in [0.1, 0.15) is 36.3 Å². The third-order valence-electron chi connectivity index (χ3n) is 4.23. The fraction of sp³-hybridized carbons (Fsp3) is 0.333. The summed E-state index contributed by atoms with van der Waals surface area (Å²) in [5, 5.41) is 3.58. The number of nitrogens with one attached hydrogen (secondary N) is 1. The Bertz CT molecular complexity index is 732. The molecule has 4 nitrogen and oxygen atoms in total. The number of hydrogen-bond acceptors (Lipinski definition) is 2. The van der Waals surface area contributed by atoms with Gasteiger partial charge in [0.05, 0.1) is 0 Å². The summed E-state index contributed by atoms with van der Waals surface area (Å²) in [6.45, 7) is 0.496. The molecule has 2 aromatic carbocycles. The Kier molecular flexibility index (Phi) is 7.67. The van der Waals surface area contributed by atoms with E-state index in [1.165, 1.54) is 0 Å². The average molecular weight is 373 g/mol. The molecule has 1 N–H and O–H groups in total. The topological polar surface area (TPSA) is 49.4 Å². The molecular formula is C21H25ClN2O2. The number of carbonyl (C=O) groups is 2. The number of rotatable bonds is 8. The zero-order valence-electron chi connectivity index (χ0n) is 15.2. The lowest BCUT2D eigenvalue weighted by molar-refractivity contribution is -0.129. The molecule has 0 radical (unpaired) electrons. The maximum absolute atomic E-state index is 12.4. The van der Waals surface area contributed by atoms with Crippen molar-refractivity contribution < 1.29 is 9.59 Å². The predicted octanol–water partition coefficient (Wildman–Crippen LogP) is 3.85.